The Bertz CT molecular complexity index is 357. The summed E-state index contributed by atoms with van der Waals surface area (Å²) in [6, 6.07) is 3.91. The van der Waals surface area contributed by atoms with E-state index in [-0.39, 0.29) is 11.8 Å². The van der Waals surface area contributed by atoms with Crippen molar-refractivity contribution in [2.45, 2.75) is 46.1 Å². The number of carbonyl (C=O) groups is 1. The molecule has 1 heterocycles. The maximum absolute atomic E-state index is 11.8. The second-order valence-corrected chi connectivity index (χ2v) is 4.84. The number of Topliss-reactive ketones (excluding diaryl/α,β-unsaturated/α-hetero) is 1. The molecule has 3 heteroatoms. The summed E-state index contributed by atoms with van der Waals surface area (Å²) in [5, 5.41) is 0. The minimum absolute atomic E-state index is 0.0441. The molecule has 0 aromatic carbocycles. The molecule has 3 nitrogen and oxygen atoms in total. The van der Waals surface area contributed by atoms with Gasteiger partial charge in [-0.05, 0) is 24.0 Å². The van der Waals surface area contributed by atoms with E-state index in [1.54, 1.807) is 0 Å². The molecule has 0 fully saturated rings. The van der Waals surface area contributed by atoms with Gasteiger partial charge in [0.05, 0.1) is 0 Å². The molecule has 0 amide bonds. The van der Waals surface area contributed by atoms with E-state index < -0.39 is 0 Å². The minimum Gasteiger partial charge on any atom is -0.327 e. The molecule has 17 heavy (non-hydrogen) atoms. The van der Waals surface area contributed by atoms with Gasteiger partial charge in [-0.1, -0.05) is 26.8 Å². The van der Waals surface area contributed by atoms with Crippen LogP contribution in [-0.2, 0) is 17.6 Å². The Kier molecular flexibility index (Phi) is 5.29. The first kappa shape index (κ1) is 13.8. The number of carbonyl (C=O) groups excluding carboxylic acids is 1. The van der Waals surface area contributed by atoms with Gasteiger partial charge in [0, 0.05) is 30.8 Å². The van der Waals surface area contributed by atoms with Crippen LogP contribution >= 0.6 is 0 Å². The molecule has 94 valence electrons. The number of ketones is 1. The minimum atomic E-state index is -0.0441. The third-order valence-electron chi connectivity index (χ3n) is 2.99. The first-order chi connectivity index (χ1) is 8.02. The van der Waals surface area contributed by atoms with Gasteiger partial charge in [-0.3, -0.25) is 9.78 Å². The highest BCUT2D eigenvalue weighted by Crippen LogP contribution is 2.07. The molecule has 0 aliphatic rings. The van der Waals surface area contributed by atoms with Crippen molar-refractivity contribution in [1.29, 1.82) is 0 Å². The van der Waals surface area contributed by atoms with Crippen molar-refractivity contribution in [3.63, 3.8) is 0 Å². The van der Waals surface area contributed by atoms with Gasteiger partial charge in [-0.25, -0.2) is 0 Å². The molecular formula is C14H22N2O. The van der Waals surface area contributed by atoms with Crippen LogP contribution in [0, 0.1) is 5.92 Å². The summed E-state index contributed by atoms with van der Waals surface area (Å²) in [5.74, 6) is 0.511. The topological polar surface area (TPSA) is 56.0 Å². The lowest BCUT2D eigenvalue weighted by Gasteiger charge is -2.14. The number of pyridine rings is 1. The van der Waals surface area contributed by atoms with Gasteiger partial charge in [0.15, 0.2) is 0 Å². The second kappa shape index (κ2) is 6.50. The maximum Gasteiger partial charge on any atom is 0.140 e. The van der Waals surface area contributed by atoms with E-state index in [9.17, 15) is 4.79 Å². The Morgan fingerprint density at radius 3 is 2.59 bits per heavy atom. The van der Waals surface area contributed by atoms with Gasteiger partial charge in [-0.2, -0.15) is 0 Å². The van der Waals surface area contributed by atoms with E-state index in [1.807, 2.05) is 32.2 Å². The number of nitrogens with two attached hydrogens (primary N) is 1. The van der Waals surface area contributed by atoms with Crippen LogP contribution in [0.3, 0.4) is 0 Å². The highest BCUT2D eigenvalue weighted by atomic mass is 16.1. The van der Waals surface area contributed by atoms with Crippen LogP contribution in [0.15, 0.2) is 18.3 Å². The molecule has 0 radical (unpaired) electrons. The molecule has 0 saturated heterocycles. The third-order valence-corrected chi connectivity index (χ3v) is 2.99. The van der Waals surface area contributed by atoms with Crippen molar-refractivity contribution >= 4 is 5.78 Å². The number of nitrogens with zero attached hydrogens (tertiary/aromatic N) is 1. The van der Waals surface area contributed by atoms with Crippen molar-refractivity contribution in [2.75, 3.05) is 0 Å². The monoisotopic (exact) mass is 234 g/mol. The molecular weight excluding hydrogens is 212 g/mol. The van der Waals surface area contributed by atoms with E-state index in [0.29, 0.717) is 18.8 Å². The van der Waals surface area contributed by atoms with E-state index in [2.05, 4.69) is 11.9 Å². The summed E-state index contributed by atoms with van der Waals surface area (Å²) in [5.41, 5.74) is 7.91. The number of rotatable bonds is 6. The van der Waals surface area contributed by atoms with Crippen LogP contribution in [0.1, 0.15) is 38.4 Å². The summed E-state index contributed by atoms with van der Waals surface area (Å²) in [4.78, 5) is 16.0. The number of hydrogen-bond acceptors (Lipinski definition) is 3. The van der Waals surface area contributed by atoms with Crippen molar-refractivity contribution < 1.29 is 4.79 Å². The molecule has 1 aromatic rings. The fourth-order valence-corrected chi connectivity index (χ4v) is 1.54. The highest BCUT2D eigenvalue weighted by molar-refractivity contribution is 5.81. The maximum atomic E-state index is 11.8. The summed E-state index contributed by atoms with van der Waals surface area (Å²) < 4.78 is 0. The fourth-order valence-electron chi connectivity index (χ4n) is 1.54. The van der Waals surface area contributed by atoms with Gasteiger partial charge < -0.3 is 5.73 Å². The Morgan fingerprint density at radius 1 is 1.41 bits per heavy atom. The quantitative estimate of drug-likeness (QED) is 0.820. The number of aromatic nitrogens is 1. The van der Waals surface area contributed by atoms with Gasteiger partial charge in [0.1, 0.15) is 5.78 Å². The van der Waals surface area contributed by atoms with Gasteiger partial charge in [-0.15, -0.1) is 0 Å². The first-order valence-electron chi connectivity index (χ1n) is 6.24. The summed E-state index contributed by atoms with van der Waals surface area (Å²) in [7, 11) is 0. The van der Waals surface area contributed by atoms with Crippen LogP contribution in [0.5, 0.6) is 0 Å². The zero-order valence-corrected chi connectivity index (χ0v) is 10.9. The largest absolute Gasteiger partial charge is 0.327 e. The molecule has 0 aliphatic heterocycles. The summed E-state index contributed by atoms with van der Waals surface area (Å²) in [6.45, 7) is 6.15. The number of hydrogen-bond donors (Lipinski definition) is 1. The fraction of sp³-hybridized carbons (Fsp3) is 0.571. The predicted octanol–water partition coefficient (Wildman–Crippen LogP) is 2.13. The molecule has 1 unspecified atom stereocenters. The van der Waals surface area contributed by atoms with Crippen molar-refractivity contribution in [3.05, 3.63) is 29.6 Å². The molecule has 0 aliphatic carbocycles. The Labute approximate surface area is 103 Å². The van der Waals surface area contributed by atoms with Crippen molar-refractivity contribution in [3.8, 4) is 0 Å². The zero-order valence-electron chi connectivity index (χ0n) is 10.9. The number of aryl methyl sites for hydroxylation is 1. The van der Waals surface area contributed by atoms with E-state index in [0.717, 1.165) is 12.1 Å². The lowest BCUT2D eigenvalue weighted by atomic mass is 9.98. The summed E-state index contributed by atoms with van der Waals surface area (Å²) >= 11 is 0. The van der Waals surface area contributed by atoms with Crippen LogP contribution < -0.4 is 5.73 Å². The lowest BCUT2D eigenvalue weighted by molar-refractivity contribution is -0.119. The van der Waals surface area contributed by atoms with Crippen LogP contribution in [0.2, 0.25) is 0 Å². The Morgan fingerprint density at radius 2 is 2.12 bits per heavy atom. The van der Waals surface area contributed by atoms with E-state index in [4.69, 9.17) is 5.73 Å². The van der Waals surface area contributed by atoms with Crippen LogP contribution in [0.4, 0.5) is 0 Å². The molecule has 2 N–H and O–H groups in total. The molecule has 1 atom stereocenters. The molecule has 1 rings (SSSR count). The van der Waals surface area contributed by atoms with Crippen molar-refractivity contribution in [2.24, 2.45) is 11.7 Å². The Hall–Kier alpha value is -1.22. The molecule has 0 saturated carbocycles. The van der Waals surface area contributed by atoms with Crippen molar-refractivity contribution in [1.82, 2.24) is 4.98 Å². The normalized spacial score (nSPS) is 12.8. The summed E-state index contributed by atoms with van der Waals surface area (Å²) in [6.07, 6.45) is 3.64. The van der Waals surface area contributed by atoms with Gasteiger partial charge in [0.25, 0.3) is 0 Å². The zero-order chi connectivity index (χ0) is 12.8. The highest BCUT2D eigenvalue weighted by Gasteiger charge is 2.13. The van der Waals surface area contributed by atoms with Crippen LogP contribution in [-0.4, -0.2) is 16.8 Å². The standard InChI is InChI=1S/C14H22N2O/c1-4-11-5-6-12(16-9-11)7-13(17)8-14(15)10(2)3/h5-6,9-10,14H,4,7-8,15H2,1-3H3. The third kappa shape index (κ3) is 4.65. The SMILES string of the molecule is CCc1ccc(CC(=O)CC(N)C(C)C)nc1. The van der Waals surface area contributed by atoms with Crippen LogP contribution in [0.25, 0.3) is 0 Å². The molecule has 0 bridgehead atoms. The first-order valence-corrected chi connectivity index (χ1v) is 6.24. The predicted molar refractivity (Wildman–Crippen MR) is 69.8 cm³/mol. The smallest absolute Gasteiger partial charge is 0.140 e. The Balaban J connectivity index is 2.50. The van der Waals surface area contributed by atoms with E-state index >= 15 is 0 Å². The molecule has 0 spiro atoms. The second-order valence-electron chi connectivity index (χ2n) is 4.84. The average Bonchev–Trinajstić information content (AvgIpc) is 2.29. The average molecular weight is 234 g/mol. The van der Waals surface area contributed by atoms with E-state index in [1.165, 1.54) is 5.56 Å². The van der Waals surface area contributed by atoms with Gasteiger partial charge >= 0.3 is 0 Å². The van der Waals surface area contributed by atoms with Gasteiger partial charge in [0.2, 0.25) is 0 Å². The molecule has 1 aromatic heterocycles. The lowest BCUT2D eigenvalue weighted by Crippen LogP contribution is -2.29.